The normalized spacial score (nSPS) is 15.3. The third-order valence-corrected chi connectivity index (χ3v) is 13.3. The minimum Gasteiger partial charge on any atom is -0.497 e. The molecule has 1 aliphatic rings. The van der Waals surface area contributed by atoms with Gasteiger partial charge in [-0.05, 0) is 114 Å². The topological polar surface area (TPSA) is 117 Å². The lowest BCUT2D eigenvalue weighted by Gasteiger charge is -2.36. The first-order valence-corrected chi connectivity index (χ1v) is 22.5. The first-order chi connectivity index (χ1) is 31.6. The van der Waals surface area contributed by atoms with Crippen molar-refractivity contribution in [2.45, 2.75) is 64.5 Å². The number of carboxylic acids is 1. The van der Waals surface area contributed by atoms with Crippen LogP contribution in [0.3, 0.4) is 0 Å². The molecule has 0 radical (unpaired) electrons. The van der Waals surface area contributed by atoms with Crippen molar-refractivity contribution < 1.29 is 33.7 Å². The average Bonchev–Trinajstić information content (AvgIpc) is 3.61. The molecule has 332 valence electrons. The Balaban J connectivity index is 1.09. The van der Waals surface area contributed by atoms with Crippen LogP contribution in [-0.4, -0.2) is 53.0 Å². The summed E-state index contributed by atoms with van der Waals surface area (Å²) in [4.78, 5) is 43.2. The molecule has 3 unspecified atom stereocenters. The predicted molar refractivity (Wildman–Crippen MR) is 254 cm³/mol. The summed E-state index contributed by atoms with van der Waals surface area (Å²) in [7, 11) is 3.31. The molecule has 0 bridgehead atoms. The molecule has 9 heteroatoms. The minimum absolute atomic E-state index is 0.0460. The monoisotopic (exact) mass is 868 g/mol. The van der Waals surface area contributed by atoms with Gasteiger partial charge in [-0.1, -0.05) is 104 Å². The molecular weight excluding hydrogens is 813 g/mol. The van der Waals surface area contributed by atoms with Crippen molar-refractivity contribution in [1.82, 2.24) is 9.55 Å². The molecule has 0 spiro atoms. The van der Waals surface area contributed by atoms with E-state index in [2.05, 4.69) is 64.1 Å². The number of Topliss-reactive ketones (excluding diaryl/α,β-unsaturated/α-hetero) is 2. The van der Waals surface area contributed by atoms with Gasteiger partial charge in [0, 0.05) is 60.3 Å². The van der Waals surface area contributed by atoms with Gasteiger partial charge in [-0.15, -0.1) is 0 Å². The van der Waals surface area contributed by atoms with Crippen LogP contribution in [0, 0.1) is 24.7 Å². The van der Waals surface area contributed by atoms with Crippen molar-refractivity contribution in [1.29, 1.82) is 0 Å². The molecule has 65 heavy (non-hydrogen) atoms. The van der Waals surface area contributed by atoms with Crippen molar-refractivity contribution in [2.24, 2.45) is 17.8 Å². The molecule has 3 atom stereocenters. The fourth-order valence-electron chi connectivity index (χ4n) is 9.46. The second-order valence-corrected chi connectivity index (χ2v) is 17.3. The predicted octanol–water partition coefficient (Wildman–Crippen LogP) is 11.3. The van der Waals surface area contributed by atoms with Gasteiger partial charge < -0.3 is 23.9 Å². The van der Waals surface area contributed by atoms with Gasteiger partial charge in [-0.2, -0.15) is 0 Å². The molecule has 9 nitrogen and oxygen atoms in total. The van der Waals surface area contributed by atoms with E-state index in [1.807, 2.05) is 98.9 Å². The summed E-state index contributed by atoms with van der Waals surface area (Å²) in [6.07, 6.45) is 6.63. The van der Waals surface area contributed by atoms with E-state index in [9.17, 15) is 9.59 Å². The Morgan fingerprint density at radius 2 is 1.40 bits per heavy atom. The van der Waals surface area contributed by atoms with Gasteiger partial charge in [0.2, 0.25) is 0 Å². The summed E-state index contributed by atoms with van der Waals surface area (Å²) >= 11 is 0. The molecule has 0 amide bonds. The summed E-state index contributed by atoms with van der Waals surface area (Å²) < 4.78 is 20.4. The molecule has 1 N–H and O–H groups in total. The van der Waals surface area contributed by atoms with Crippen LogP contribution >= 0.6 is 0 Å². The fraction of sp³-hybridized carbons (Fsp3) is 0.286. The Labute approximate surface area is 381 Å². The van der Waals surface area contributed by atoms with E-state index >= 15 is 4.79 Å². The van der Waals surface area contributed by atoms with Gasteiger partial charge in [0.15, 0.2) is 5.78 Å². The number of carboxylic acid groups (broad SMARTS) is 1. The lowest BCUT2D eigenvalue weighted by molar-refractivity contribution is -0.140. The highest BCUT2D eigenvalue weighted by Crippen LogP contribution is 2.43. The SMILES string of the molecule is COc1ccc(C(OCCC(C)C(=O)c2c(C)c3ccc(-c4cccnc4)cc3n2Cc2ccc(CC3CCC3C(=O)CCC(=O)O)cc2)(c2ccccc2)c2ccc(OC)cc2)cc1. The largest absolute Gasteiger partial charge is 0.497 e. The standard InChI is InChI=1S/C56H56N2O7/c1-37(30-32-65-56(44-10-6-5-7-11-44,45-18-22-47(63-3)23-19-45)46-20-24-48(64-4)25-21-46)55(62)54-38(2)49-26-16-41(43-9-8-31-57-35-43)34-51(49)58(54)36-40-14-12-39(13-15-40)33-42-17-27-50(42)52(59)28-29-53(60)61/h5-16,18-26,31,34-35,37,42,50H,17,27-30,32-33,36H2,1-4H3,(H,60,61). The first-order valence-electron chi connectivity index (χ1n) is 22.5. The number of fused-ring (bicyclic) bond motifs is 1. The highest BCUT2D eigenvalue weighted by Gasteiger charge is 2.39. The fourth-order valence-corrected chi connectivity index (χ4v) is 9.46. The quantitative estimate of drug-likeness (QED) is 0.0594. The van der Waals surface area contributed by atoms with Crippen molar-refractivity contribution in [3.8, 4) is 22.6 Å². The lowest BCUT2D eigenvalue weighted by Crippen LogP contribution is -2.34. The second-order valence-electron chi connectivity index (χ2n) is 17.3. The van der Waals surface area contributed by atoms with Crippen LogP contribution in [0.1, 0.15) is 82.9 Å². The Kier molecular flexibility index (Phi) is 13.7. The number of pyridine rings is 1. The number of aliphatic carboxylic acids is 1. The number of ether oxygens (including phenoxy) is 3. The van der Waals surface area contributed by atoms with Crippen LogP contribution in [0.15, 0.2) is 146 Å². The van der Waals surface area contributed by atoms with Crippen molar-refractivity contribution in [2.75, 3.05) is 20.8 Å². The number of ketones is 2. The lowest BCUT2D eigenvalue weighted by atomic mass is 9.68. The first kappa shape index (κ1) is 44.8. The van der Waals surface area contributed by atoms with Gasteiger partial charge in [-0.3, -0.25) is 19.4 Å². The van der Waals surface area contributed by atoms with Crippen molar-refractivity contribution in [3.05, 3.63) is 185 Å². The number of hydrogen-bond donors (Lipinski definition) is 1. The molecule has 2 heterocycles. The highest BCUT2D eigenvalue weighted by molar-refractivity contribution is 6.04. The van der Waals surface area contributed by atoms with Crippen LogP contribution in [0.4, 0.5) is 0 Å². The van der Waals surface area contributed by atoms with Gasteiger partial charge >= 0.3 is 5.97 Å². The van der Waals surface area contributed by atoms with E-state index in [-0.39, 0.29) is 42.2 Å². The van der Waals surface area contributed by atoms with E-state index in [1.165, 1.54) is 0 Å². The second kappa shape index (κ2) is 19.9. The number of aryl methyl sites for hydroxylation is 1. The zero-order chi connectivity index (χ0) is 45.5. The maximum atomic E-state index is 15.0. The number of benzene rings is 5. The van der Waals surface area contributed by atoms with E-state index < -0.39 is 11.6 Å². The van der Waals surface area contributed by atoms with Gasteiger partial charge in [0.25, 0.3) is 0 Å². The van der Waals surface area contributed by atoms with Crippen molar-refractivity contribution in [3.63, 3.8) is 0 Å². The number of nitrogens with zero attached hydrogens (tertiary/aromatic N) is 2. The Hall–Kier alpha value is -6.84. The van der Waals surface area contributed by atoms with Crippen LogP contribution in [0.2, 0.25) is 0 Å². The Bertz CT molecular complexity index is 2700. The zero-order valence-corrected chi connectivity index (χ0v) is 37.5. The van der Waals surface area contributed by atoms with Crippen LogP contribution in [0.5, 0.6) is 11.5 Å². The third kappa shape index (κ3) is 9.52. The smallest absolute Gasteiger partial charge is 0.303 e. The van der Waals surface area contributed by atoms with Gasteiger partial charge in [0.1, 0.15) is 22.9 Å². The van der Waals surface area contributed by atoms with E-state index in [0.29, 0.717) is 25.3 Å². The molecule has 7 aromatic rings. The number of hydrogen-bond acceptors (Lipinski definition) is 7. The molecular formula is C56H56N2O7. The Morgan fingerprint density at radius 1 is 0.754 bits per heavy atom. The van der Waals surface area contributed by atoms with Crippen LogP contribution in [0.25, 0.3) is 22.0 Å². The molecule has 5 aromatic carbocycles. The molecule has 1 saturated carbocycles. The third-order valence-electron chi connectivity index (χ3n) is 13.3. The number of methoxy groups -OCH3 is 2. The van der Waals surface area contributed by atoms with Gasteiger partial charge in [-0.25, -0.2) is 0 Å². The summed E-state index contributed by atoms with van der Waals surface area (Å²) in [5.74, 6) is 0.421. The van der Waals surface area contributed by atoms with Gasteiger partial charge in [0.05, 0.1) is 26.3 Å². The van der Waals surface area contributed by atoms with Crippen molar-refractivity contribution >= 4 is 28.4 Å². The maximum absolute atomic E-state index is 15.0. The van der Waals surface area contributed by atoms with Crippen LogP contribution < -0.4 is 9.47 Å². The minimum atomic E-state index is -1.00. The summed E-state index contributed by atoms with van der Waals surface area (Å²) in [5.41, 5.74) is 8.60. The molecule has 0 aliphatic heterocycles. The average molecular weight is 869 g/mol. The Morgan fingerprint density at radius 3 is 1.98 bits per heavy atom. The maximum Gasteiger partial charge on any atom is 0.303 e. The molecule has 1 aliphatic carbocycles. The molecule has 8 rings (SSSR count). The number of carbonyl (C=O) groups is 3. The number of carbonyl (C=O) groups excluding carboxylic acids is 2. The molecule has 0 saturated heterocycles. The van der Waals surface area contributed by atoms with E-state index in [1.54, 1.807) is 20.4 Å². The summed E-state index contributed by atoms with van der Waals surface area (Å²) in [6.45, 7) is 4.81. The number of aromatic nitrogens is 2. The zero-order valence-electron chi connectivity index (χ0n) is 37.5. The van der Waals surface area contributed by atoms with E-state index in [4.69, 9.17) is 19.3 Å². The van der Waals surface area contributed by atoms with E-state index in [0.717, 1.165) is 86.2 Å². The highest BCUT2D eigenvalue weighted by atomic mass is 16.5. The molecule has 1 fully saturated rings. The summed E-state index contributed by atoms with van der Waals surface area (Å²) in [6, 6.07) is 44.9. The summed E-state index contributed by atoms with van der Waals surface area (Å²) in [5, 5.41) is 10.1. The van der Waals surface area contributed by atoms with Crippen LogP contribution in [-0.2, 0) is 32.9 Å². The molecule has 2 aromatic heterocycles. The number of rotatable bonds is 20.